The van der Waals surface area contributed by atoms with Gasteiger partial charge in [-0.3, -0.25) is 0 Å². The molecule has 0 unspecified atom stereocenters. The summed E-state index contributed by atoms with van der Waals surface area (Å²) in [6.45, 7) is 0. The van der Waals surface area contributed by atoms with Crippen LogP contribution in [0.4, 0.5) is 29.0 Å². The van der Waals surface area contributed by atoms with Gasteiger partial charge in [-0.05, 0) is 0 Å². The molecule has 0 rings (SSSR count). The predicted octanol–water partition coefficient (Wildman–Crippen LogP) is 1.80. The Morgan fingerprint density at radius 2 is 0.900 bits per heavy atom. The summed E-state index contributed by atoms with van der Waals surface area (Å²) in [5.74, 6) is 0. The molecule has 0 spiro atoms. The number of hydrogen-bond donors (Lipinski definition) is 0. The summed E-state index contributed by atoms with van der Waals surface area (Å²) in [6, 6.07) is 0. The maximum atomic E-state index is 11.3. The lowest BCUT2D eigenvalue weighted by Gasteiger charge is -2.04. The average Bonchev–Trinajstić information content (AvgIpc) is 1.59. The summed E-state index contributed by atoms with van der Waals surface area (Å²) in [5, 5.41) is 0. The fraction of sp³-hybridized carbons (Fsp3) is 0. The molecule has 0 fully saturated rings. The van der Waals surface area contributed by atoms with E-state index in [-0.39, 0.29) is 0 Å². The monoisotopic (exact) mass is 200 g/mol. The van der Waals surface area contributed by atoms with Crippen LogP contribution in [-0.2, 0) is 0 Å². The van der Waals surface area contributed by atoms with Gasteiger partial charge in [0.2, 0.25) is 0 Å². The highest BCUT2D eigenvalue weighted by Crippen LogP contribution is 2.24. The third kappa shape index (κ3) is 2.73. The van der Waals surface area contributed by atoms with Crippen molar-refractivity contribution in [3.8, 4) is 0 Å². The molecule has 0 radical (unpaired) electrons. The number of rotatable bonds is 2. The highest BCUT2D eigenvalue weighted by molar-refractivity contribution is 7.49. The van der Waals surface area contributed by atoms with E-state index >= 15 is 0 Å². The van der Waals surface area contributed by atoms with Gasteiger partial charge in [0.1, 0.15) is 0 Å². The largest absolute Gasteiger partial charge is 0.611 e. The van der Waals surface area contributed by atoms with Gasteiger partial charge in [0.05, 0.1) is 0 Å². The lowest BCUT2D eigenvalue weighted by Crippen LogP contribution is -2.52. The van der Waals surface area contributed by atoms with E-state index in [9.17, 15) is 29.0 Å². The van der Waals surface area contributed by atoms with Crippen LogP contribution in [-0.4, -0.2) is 24.1 Å². The molecule has 0 saturated heterocycles. The average molecular weight is 200 g/mol. The maximum Gasteiger partial charge on any atom is 0.611 e. The van der Waals surface area contributed by atoms with Gasteiger partial charge in [-0.25, -0.2) is 24.6 Å². The van der Waals surface area contributed by atoms with Crippen molar-refractivity contribution >= 4 is 24.1 Å². The van der Waals surface area contributed by atoms with Crippen LogP contribution in [0.1, 0.15) is 0 Å². The lowest BCUT2D eigenvalue weighted by atomic mass is 10.6. The van der Waals surface area contributed by atoms with Crippen LogP contribution in [0, 0.1) is 0 Å². The van der Waals surface area contributed by atoms with E-state index in [0.29, 0.717) is 0 Å². The summed E-state index contributed by atoms with van der Waals surface area (Å²) >= 11 is 0. The van der Waals surface area contributed by atoms with E-state index in [4.69, 9.17) is 0 Å². The van der Waals surface area contributed by atoms with Crippen molar-refractivity contribution in [3.05, 3.63) is 0 Å². The minimum atomic E-state index is -7.13. The van der Waals surface area contributed by atoms with Crippen molar-refractivity contribution in [2.75, 3.05) is 0 Å². The van der Waals surface area contributed by atoms with Gasteiger partial charge < -0.3 is 4.32 Å². The summed E-state index contributed by atoms with van der Waals surface area (Å²) in [6.07, 6.45) is -4.46. The van der Waals surface area contributed by atoms with Crippen LogP contribution < -0.4 is 0 Å². The predicted molar refractivity (Wildman–Crippen MR) is 25.0 cm³/mol. The highest BCUT2D eigenvalue weighted by Gasteiger charge is 2.72. The van der Waals surface area contributed by atoms with E-state index in [1.54, 1.807) is 0 Å². The normalized spacial score (nSPS) is 13.5. The third-order valence-corrected chi connectivity index (χ3v) is 3.69. The number of hydrogen-bond acceptors (Lipinski definition) is 0. The van der Waals surface area contributed by atoms with Gasteiger partial charge >= 0.3 is 24.1 Å². The second-order valence-electron chi connectivity index (χ2n) is 1.45. The zero-order valence-electron chi connectivity index (χ0n) is 4.22. The summed E-state index contributed by atoms with van der Waals surface area (Å²) < 4.78 is 77.4. The van der Waals surface area contributed by atoms with Crippen LogP contribution in [0.2, 0.25) is 0 Å². The summed E-state index contributed by atoms with van der Waals surface area (Å²) in [5.41, 5.74) is 0. The Bertz CT molecular complexity index is 95.8. The molecule has 10 heavy (non-hydrogen) atoms. The summed E-state index contributed by atoms with van der Waals surface area (Å²) in [4.78, 5) is 0. The van der Waals surface area contributed by atoms with Crippen molar-refractivity contribution in [1.29, 1.82) is 0 Å². The van der Waals surface area contributed by atoms with Gasteiger partial charge in [0.15, 0.2) is 0 Å². The van der Waals surface area contributed by atoms with Crippen LogP contribution >= 0.6 is 0 Å². The first kappa shape index (κ1) is 10.0. The molecule has 10 heteroatoms. The number of halogens is 7. The lowest BCUT2D eigenvalue weighted by molar-refractivity contribution is 0.478. The molecule has 0 saturated carbocycles. The molecule has 0 aliphatic rings. The fourth-order valence-electron chi connectivity index (χ4n) is 0.186. The van der Waals surface area contributed by atoms with Crippen LogP contribution in [0.15, 0.2) is 0 Å². The SMILES string of the molecule is FB([Si](F)(F)F)[Si](F)(F)F. The molecule has 0 atom stereocenters. The second-order valence-corrected chi connectivity index (χ2v) is 5.20. The standard InChI is InChI=1S/BF7Si2/c2-1(9(3,4)5)10(6,7)8. The molecule has 0 heterocycles. The van der Waals surface area contributed by atoms with Gasteiger partial charge in [-0.2, -0.15) is 0 Å². The van der Waals surface area contributed by atoms with Crippen molar-refractivity contribution < 1.29 is 29.0 Å². The van der Waals surface area contributed by atoms with E-state index in [2.05, 4.69) is 0 Å². The maximum absolute atomic E-state index is 11.3. The molecule has 0 aromatic rings. The van der Waals surface area contributed by atoms with E-state index in [1.807, 2.05) is 0 Å². The van der Waals surface area contributed by atoms with Crippen molar-refractivity contribution in [1.82, 2.24) is 0 Å². The first-order valence-electron chi connectivity index (χ1n) is 1.93. The van der Waals surface area contributed by atoms with Gasteiger partial charge in [-0.1, -0.05) is 0 Å². The van der Waals surface area contributed by atoms with Crippen molar-refractivity contribution in [2.45, 2.75) is 0 Å². The molecular formula is BF7Si2. The van der Waals surface area contributed by atoms with Gasteiger partial charge in [0, 0.05) is 0 Å². The first-order chi connectivity index (χ1) is 4.15. The van der Waals surface area contributed by atoms with Crippen molar-refractivity contribution in [3.63, 3.8) is 0 Å². The Hall–Kier alpha value is 0.00870. The molecule has 0 aliphatic carbocycles. The second kappa shape index (κ2) is 2.57. The van der Waals surface area contributed by atoms with Gasteiger partial charge in [-0.15, -0.1) is 0 Å². The molecule has 60 valence electrons. The Morgan fingerprint density at radius 3 is 0.900 bits per heavy atom. The zero-order valence-corrected chi connectivity index (χ0v) is 6.22. The summed E-state index contributed by atoms with van der Waals surface area (Å²) in [7, 11) is -14.3. The first-order valence-corrected chi connectivity index (χ1v) is 5.35. The fourth-order valence-corrected chi connectivity index (χ4v) is 1.67. The Kier molecular flexibility index (Phi) is 2.57. The minimum absolute atomic E-state index is 4.46. The Morgan fingerprint density at radius 1 is 0.700 bits per heavy atom. The zero-order chi connectivity index (χ0) is 8.58. The van der Waals surface area contributed by atoms with E-state index in [1.165, 1.54) is 0 Å². The van der Waals surface area contributed by atoms with E-state index in [0.717, 1.165) is 0 Å². The minimum Gasteiger partial charge on any atom is -0.321 e. The quantitative estimate of drug-likeness (QED) is 0.362. The van der Waals surface area contributed by atoms with Crippen molar-refractivity contribution in [2.24, 2.45) is 0 Å². The Balaban J connectivity index is 4.23. The molecule has 0 amide bonds. The topological polar surface area (TPSA) is 0 Å². The molecule has 0 aliphatic heterocycles. The highest BCUT2D eigenvalue weighted by atomic mass is 28.5. The molecule has 0 aromatic heterocycles. The van der Waals surface area contributed by atoms with Crippen LogP contribution in [0.3, 0.4) is 0 Å². The van der Waals surface area contributed by atoms with Crippen LogP contribution in [0.25, 0.3) is 0 Å². The van der Waals surface area contributed by atoms with Crippen LogP contribution in [0.5, 0.6) is 0 Å². The molecule has 0 N–H and O–H groups in total. The third-order valence-electron chi connectivity index (χ3n) is 0.575. The molecule has 0 nitrogen and oxygen atoms in total. The smallest absolute Gasteiger partial charge is 0.321 e. The molecular weight excluding hydrogens is 200 g/mol. The molecule has 0 aromatic carbocycles. The van der Waals surface area contributed by atoms with Gasteiger partial charge in [0.25, 0.3) is 0 Å². The Labute approximate surface area is 54.1 Å². The molecule has 0 bridgehead atoms. The van der Waals surface area contributed by atoms with E-state index < -0.39 is 24.1 Å².